The Bertz CT molecular complexity index is 745. The second kappa shape index (κ2) is 6.68. The SMILES string of the molecule is COc1ccc(S(=O)(=O)N2CCC[C@H]2Cc2ccccc2)cn1. The lowest BCUT2D eigenvalue weighted by atomic mass is 10.1. The minimum absolute atomic E-state index is 0.00417. The first-order chi connectivity index (χ1) is 11.1. The van der Waals surface area contributed by atoms with Crippen LogP contribution < -0.4 is 4.74 Å². The van der Waals surface area contributed by atoms with Gasteiger partial charge in [-0.3, -0.25) is 0 Å². The lowest BCUT2D eigenvalue weighted by Gasteiger charge is -2.24. The van der Waals surface area contributed by atoms with Crippen molar-refractivity contribution in [3.63, 3.8) is 0 Å². The second-order valence-electron chi connectivity index (χ2n) is 5.64. The zero-order chi connectivity index (χ0) is 16.3. The van der Waals surface area contributed by atoms with Crippen LogP contribution in [0.2, 0.25) is 0 Å². The first-order valence-electron chi connectivity index (χ1n) is 7.67. The highest BCUT2D eigenvalue weighted by Gasteiger charge is 2.35. The highest BCUT2D eigenvalue weighted by atomic mass is 32.2. The van der Waals surface area contributed by atoms with Crippen molar-refractivity contribution in [2.45, 2.75) is 30.2 Å². The lowest BCUT2D eigenvalue weighted by Crippen LogP contribution is -2.36. The van der Waals surface area contributed by atoms with E-state index < -0.39 is 10.0 Å². The Hall–Kier alpha value is -1.92. The maximum Gasteiger partial charge on any atom is 0.244 e. The summed E-state index contributed by atoms with van der Waals surface area (Å²) in [5.41, 5.74) is 1.16. The molecule has 3 rings (SSSR count). The van der Waals surface area contributed by atoms with E-state index >= 15 is 0 Å². The normalized spacial score (nSPS) is 18.9. The Balaban J connectivity index is 1.82. The molecule has 1 fully saturated rings. The zero-order valence-corrected chi connectivity index (χ0v) is 13.9. The summed E-state index contributed by atoms with van der Waals surface area (Å²) < 4.78 is 32.4. The van der Waals surface area contributed by atoms with Crippen molar-refractivity contribution in [2.24, 2.45) is 0 Å². The Kier molecular flexibility index (Phi) is 4.63. The number of ether oxygens (including phenoxy) is 1. The molecule has 0 N–H and O–H groups in total. The third-order valence-corrected chi connectivity index (χ3v) is 6.10. The molecule has 0 bridgehead atoms. The number of methoxy groups -OCH3 is 1. The molecule has 1 saturated heterocycles. The fourth-order valence-electron chi connectivity index (χ4n) is 2.99. The molecule has 0 radical (unpaired) electrons. The quantitative estimate of drug-likeness (QED) is 0.844. The van der Waals surface area contributed by atoms with Crippen molar-refractivity contribution < 1.29 is 13.2 Å². The van der Waals surface area contributed by atoms with Crippen LogP contribution in [0, 0.1) is 0 Å². The molecule has 0 amide bonds. The summed E-state index contributed by atoms with van der Waals surface area (Å²) in [6.45, 7) is 0.561. The summed E-state index contributed by atoms with van der Waals surface area (Å²) in [5.74, 6) is 0.409. The van der Waals surface area contributed by atoms with Crippen LogP contribution in [0.4, 0.5) is 0 Å². The number of benzene rings is 1. The summed E-state index contributed by atoms with van der Waals surface area (Å²) in [6, 6.07) is 13.2. The predicted molar refractivity (Wildman–Crippen MR) is 87.8 cm³/mol. The predicted octanol–water partition coefficient (Wildman–Crippen LogP) is 2.49. The van der Waals surface area contributed by atoms with Gasteiger partial charge in [0.2, 0.25) is 15.9 Å². The molecule has 1 aromatic heterocycles. The van der Waals surface area contributed by atoms with Crippen molar-refractivity contribution in [3.8, 4) is 5.88 Å². The van der Waals surface area contributed by atoms with Crippen molar-refractivity contribution in [1.29, 1.82) is 0 Å². The van der Waals surface area contributed by atoms with Gasteiger partial charge in [0.1, 0.15) is 4.90 Å². The van der Waals surface area contributed by atoms with Gasteiger partial charge in [-0.05, 0) is 30.9 Å². The molecule has 122 valence electrons. The topological polar surface area (TPSA) is 59.5 Å². The van der Waals surface area contributed by atoms with Gasteiger partial charge in [0, 0.05) is 18.7 Å². The second-order valence-corrected chi connectivity index (χ2v) is 7.53. The summed E-state index contributed by atoms with van der Waals surface area (Å²) in [5, 5.41) is 0. The van der Waals surface area contributed by atoms with Crippen molar-refractivity contribution >= 4 is 10.0 Å². The van der Waals surface area contributed by atoms with E-state index in [1.165, 1.54) is 13.3 Å². The molecule has 6 heteroatoms. The third kappa shape index (κ3) is 3.38. The van der Waals surface area contributed by atoms with E-state index in [4.69, 9.17) is 4.74 Å². The number of sulfonamides is 1. The monoisotopic (exact) mass is 332 g/mol. The minimum atomic E-state index is -3.52. The minimum Gasteiger partial charge on any atom is -0.481 e. The fourth-order valence-corrected chi connectivity index (χ4v) is 4.63. The molecule has 1 atom stereocenters. The van der Waals surface area contributed by atoms with Crippen LogP contribution >= 0.6 is 0 Å². The largest absolute Gasteiger partial charge is 0.481 e. The number of nitrogens with zero attached hydrogens (tertiary/aromatic N) is 2. The average Bonchev–Trinajstić information content (AvgIpc) is 3.05. The molecule has 5 nitrogen and oxygen atoms in total. The third-order valence-electron chi connectivity index (χ3n) is 4.16. The van der Waals surface area contributed by atoms with Gasteiger partial charge in [-0.15, -0.1) is 0 Å². The van der Waals surface area contributed by atoms with E-state index in [-0.39, 0.29) is 10.9 Å². The van der Waals surface area contributed by atoms with Crippen LogP contribution in [-0.4, -0.2) is 37.4 Å². The van der Waals surface area contributed by atoms with Gasteiger partial charge < -0.3 is 4.74 Å². The summed E-state index contributed by atoms with van der Waals surface area (Å²) >= 11 is 0. The van der Waals surface area contributed by atoms with Crippen molar-refractivity contribution in [2.75, 3.05) is 13.7 Å². The van der Waals surface area contributed by atoms with E-state index in [0.29, 0.717) is 12.4 Å². The molecule has 1 aromatic carbocycles. The molecule has 0 spiro atoms. The van der Waals surface area contributed by atoms with Crippen LogP contribution in [0.5, 0.6) is 5.88 Å². The number of aromatic nitrogens is 1. The highest BCUT2D eigenvalue weighted by Crippen LogP contribution is 2.28. The number of pyridine rings is 1. The van der Waals surface area contributed by atoms with Gasteiger partial charge in [0.25, 0.3) is 0 Å². The smallest absolute Gasteiger partial charge is 0.244 e. The summed E-state index contributed by atoms with van der Waals surface area (Å²) in [4.78, 5) is 4.24. The Morgan fingerprint density at radius 2 is 2.00 bits per heavy atom. The van der Waals surface area contributed by atoms with Crippen LogP contribution in [0.25, 0.3) is 0 Å². The Labute approximate surface area is 137 Å². The number of rotatable bonds is 5. The van der Waals surface area contributed by atoms with E-state index in [1.807, 2.05) is 30.3 Å². The highest BCUT2D eigenvalue weighted by molar-refractivity contribution is 7.89. The molecule has 0 aliphatic carbocycles. The van der Waals surface area contributed by atoms with Crippen molar-refractivity contribution in [3.05, 3.63) is 54.2 Å². The molecule has 23 heavy (non-hydrogen) atoms. The van der Waals surface area contributed by atoms with E-state index in [9.17, 15) is 8.42 Å². The molecule has 0 saturated carbocycles. The van der Waals surface area contributed by atoms with Crippen molar-refractivity contribution in [1.82, 2.24) is 9.29 Å². The zero-order valence-electron chi connectivity index (χ0n) is 13.1. The molecule has 0 unspecified atom stereocenters. The average molecular weight is 332 g/mol. The van der Waals surface area contributed by atoms with Crippen LogP contribution in [0.3, 0.4) is 0 Å². The lowest BCUT2D eigenvalue weighted by molar-refractivity contribution is 0.384. The first kappa shape index (κ1) is 16.0. The molecular formula is C17H20N2O3S. The van der Waals surface area contributed by atoms with Gasteiger partial charge in [0.05, 0.1) is 13.3 Å². The van der Waals surface area contributed by atoms with Gasteiger partial charge >= 0.3 is 0 Å². The number of hydrogen-bond donors (Lipinski definition) is 0. The van der Waals surface area contributed by atoms with Gasteiger partial charge in [0.15, 0.2) is 0 Å². The van der Waals surface area contributed by atoms with E-state index in [2.05, 4.69) is 4.98 Å². The van der Waals surface area contributed by atoms with Crippen LogP contribution in [0.15, 0.2) is 53.6 Å². The number of hydrogen-bond acceptors (Lipinski definition) is 4. The molecular weight excluding hydrogens is 312 g/mol. The first-order valence-corrected chi connectivity index (χ1v) is 9.11. The molecule has 1 aliphatic heterocycles. The molecule has 2 heterocycles. The van der Waals surface area contributed by atoms with E-state index in [1.54, 1.807) is 16.4 Å². The van der Waals surface area contributed by atoms with E-state index in [0.717, 1.165) is 24.8 Å². The van der Waals surface area contributed by atoms with Gasteiger partial charge in [-0.25, -0.2) is 13.4 Å². The Morgan fingerprint density at radius 3 is 2.65 bits per heavy atom. The molecule has 1 aliphatic rings. The Morgan fingerprint density at radius 1 is 1.22 bits per heavy atom. The summed E-state index contributed by atoms with van der Waals surface area (Å²) in [6.07, 6.45) is 3.88. The maximum absolute atomic E-state index is 12.9. The van der Waals surface area contributed by atoms with Crippen LogP contribution in [0.1, 0.15) is 18.4 Å². The van der Waals surface area contributed by atoms with Gasteiger partial charge in [-0.2, -0.15) is 4.31 Å². The standard InChI is InChI=1S/C17H20N2O3S/c1-22-17-10-9-16(13-18-17)23(20,21)19-11-5-8-15(19)12-14-6-3-2-4-7-14/h2-4,6-7,9-10,13,15H,5,8,11-12H2,1H3/t15-/m0/s1. The summed E-state index contributed by atoms with van der Waals surface area (Å²) in [7, 11) is -2.01. The molecule has 2 aromatic rings. The maximum atomic E-state index is 12.9. The fraction of sp³-hybridized carbons (Fsp3) is 0.353. The van der Waals surface area contributed by atoms with Gasteiger partial charge in [-0.1, -0.05) is 30.3 Å². The van der Waals surface area contributed by atoms with Crippen LogP contribution in [-0.2, 0) is 16.4 Å².